The first-order chi connectivity index (χ1) is 5.65. The van der Waals surface area contributed by atoms with E-state index < -0.39 is 0 Å². The van der Waals surface area contributed by atoms with Crippen molar-refractivity contribution in [2.45, 2.75) is 13.0 Å². The van der Waals surface area contributed by atoms with Gasteiger partial charge in [-0.3, -0.25) is 0 Å². The third kappa shape index (κ3) is 2.18. The van der Waals surface area contributed by atoms with Crippen molar-refractivity contribution >= 4 is 22.6 Å². The average molecular weight is 276 g/mol. The second-order valence-electron chi connectivity index (χ2n) is 2.84. The Morgan fingerprint density at radius 2 is 2.17 bits per heavy atom. The lowest BCUT2D eigenvalue weighted by Crippen LogP contribution is -2.21. The van der Waals surface area contributed by atoms with Crippen molar-refractivity contribution in [1.29, 1.82) is 0 Å². The summed E-state index contributed by atoms with van der Waals surface area (Å²) in [6, 6.07) is 6.21. The molecular weight excluding hydrogens is 263 g/mol. The highest BCUT2D eigenvalue weighted by Crippen LogP contribution is 2.17. The molecule has 12 heavy (non-hydrogen) atoms. The Morgan fingerprint density at radius 3 is 2.75 bits per heavy atom. The number of benzene rings is 1. The molecule has 0 radical (unpaired) electrons. The lowest BCUT2D eigenvalue weighted by Gasteiger charge is -2.12. The molecule has 1 atom stereocenters. The number of hydrogen-bond donors (Lipinski definition) is 2. The molecule has 1 aromatic carbocycles. The first kappa shape index (κ1) is 9.95. The van der Waals surface area contributed by atoms with Crippen LogP contribution in [0.2, 0.25) is 0 Å². The molecule has 0 amide bonds. The van der Waals surface area contributed by atoms with Crippen LogP contribution in [0.25, 0.3) is 0 Å². The molecule has 0 spiro atoms. The lowest BCUT2D eigenvalue weighted by molar-refractivity contribution is 0.731. The molecule has 0 aromatic heterocycles. The summed E-state index contributed by atoms with van der Waals surface area (Å²) < 4.78 is 1.21. The van der Waals surface area contributed by atoms with E-state index in [2.05, 4.69) is 47.7 Å². The number of halogens is 1. The third-order valence-electron chi connectivity index (χ3n) is 1.89. The summed E-state index contributed by atoms with van der Waals surface area (Å²) in [5, 5.41) is 0. The van der Waals surface area contributed by atoms with Crippen LogP contribution < -0.4 is 11.5 Å². The van der Waals surface area contributed by atoms with Gasteiger partial charge in [-0.2, -0.15) is 0 Å². The summed E-state index contributed by atoms with van der Waals surface area (Å²) in [6.07, 6.45) is 0. The highest BCUT2D eigenvalue weighted by atomic mass is 127. The molecule has 0 bridgehead atoms. The summed E-state index contributed by atoms with van der Waals surface area (Å²) in [4.78, 5) is 0. The second kappa shape index (κ2) is 4.20. The van der Waals surface area contributed by atoms with E-state index in [0.717, 1.165) is 5.56 Å². The molecular formula is C9H13IN2. The second-order valence-corrected chi connectivity index (χ2v) is 4.09. The number of rotatable bonds is 2. The van der Waals surface area contributed by atoms with Gasteiger partial charge in [-0.05, 0) is 52.8 Å². The smallest absolute Gasteiger partial charge is 0.0422 e. The van der Waals surface area contributed by atoms with Gasteiger partial charge in [-0.15, -0.1) is 0 Å². The summed E-state index contributed by atoms with van der Waals surface area (Å²) in [6.45, 7) is 2.56. The van der Waals surface area contributed by atoms with Crippen LogP contribution in [-0.4, -0.2) is 6.54 Å². The Kier molecular flexibility index (Phi) is 3.49. The average Bonchev–Trinajstić information content (AvgIpc) is 2.08. The van der Waals surface area contributed by atoms with E-state index in [1.165, 1.54) is 9.13 Å². The molecule has 0 fully saturated rings. The first-order valence-corrected chi connectivity index (χ1v) is 4.94. The van der Waals surface area contributed by atoms with Gasteiger partial charge in [0, 0.05) is 16.2 Å². The zero-order valence-electron chi connectivity index (χ0n) is 7.05. The number of nitrogens with two attached hydrogens (primary N) is 2. The van der Waals surface area contributed by atoms with E-state index in [1.54, 1.807) is 0 Å². The van der Waals surface area contributed by atoms with Gasteiger partial charge in [0.25, 0.3) is 0 Å². The van der Waals surface area contributed by atoms with E-state index in [9.17, 15) is 0 Å². The van der Waals surface area contributed by atoms with Crippen molar-refractivity contribution in [1.82, 2.24) is 0 Å². The van der Waals surface area contributed by atoms with E-state index in [1.807, 2.05) is 0 Å². The Bertz CT molecular complexity index is 273. The molecule has 0 unspecified atom stereocenters. The molecule has 0 saturated heterocycles. The summed E-state index contributed by atoms with van der Waals surface area (Å²) in [7, 11) is 0. The van der Waals surface area contributed by atoms with Crippen LogP contribution in [0.3, 0.4) is 0 Å². The summed E-state index contributed by atoms with van der Waals surface area (Å²) >= 11 is 2.28. The largest absolute Gasteiger partial charge is 0.329 e. The van der Waals surface area contributed by atoms with Crippen molar-refractivity contribution < 1.29 is 0 Å². The lowest BCUT2D eigenvalue weighted by atomic mass is 10.0. The van der Waals surface area contributed by atoms with Crippen LogP contribution in [0.1, 0.15) is 17.2 Å². The van der Waals surface area contributed by atoms with Crippen molar-refractivity contribution in [3.8, 4) is 0 Å². The zero-order valence-corrected chi connectivity index (χ0v) is 9.21. The molecule has 0 heterocycles. The summed E-state index contributed by atoms with van der Waals surface area (Å²) in [5.41, 5.74) is 13.7. The molecule has 0 aliphatic heterocycles. The van der Waals surface area contributed by atoms with Crippen LogP contribution in [-0.2, 0) is 0 Å². The molecule has 0 aliphatic carbocycles. The molecule has 1 rings (SSSR count). The molecule has 4 N–H and O–H groups in total. The van der Waals surface area contributed by atoms with Crippen molar-refractivity contribution in [3.63, 3.8) is 0 Å². The monoisotopic (exact) mass is 276 g/mol. The van der Waals surface area contributed by atoms with Crippen molar-refractivity contribution in [3.05, 3.63) is 32.9 Å². The fourth-order valence-electron chi connectivity index (χ4n) is 1.14. The maximum absolute atomic E-state index is 5.84. The van der Waals surface area contributed by atoms with E-state index in [-0.39, 0.29) is 6.04 Å². The molecule has 0 saturated carbocycles. The fourth-order valence-corrected chi connectivity index (χ4v) is 1.65. The maximum atomic E-state index is 5.84. The van der Waals surface area contributed by atoms with Gasteiger partial charge in [-0.1, -0.05) is 6.07 Å². The molecule has 2 nitrogen and oxygen atoms in total. The van der Waals surface area contributed by atoms with Gasteiger partial charge in [0.1, 0.15) is 0 Å². The van der Waals surface area contributed by atoms with Crippen molar-refractivity contribution in [2.24, 2.45) is 11.5 Å². The number of aryl methyl sites for hydroxylation is 1. The minimum Gasteiger partial charge on any atom is -0.329 e. The quantitative estimate of drug-likeness (QED) is 0.805. The van der Waals surface area contributed by atoms with Gasteiger partial charge < -0.3 is 11.5 Å². The van der Waals surface area contributed by atoms with E-state index in [0.29, 0.717) is 6.54 Å². The Morgan fingerprint density at radius 1 is 1.50 bits per heavy atom. The topological polar surface area (TPSA) is 52.0 Å². The number of hydrogen-bond acceptors (Lipinski definition) is 2. The van der Waals surface area contributed by atoms with Crippen LogP contribution >= 0.6 is 22.6 Å². The highest BCUT2D eigenvalue weighted by molar-refractivity contribution is 14.1. The molecule has 0 aliphatic rings. The first-order valence-electron chi connectivity index (χ1n) is 3.87. The van der Waals surface area contributed by atoms with E-state index >= 15 is 0 Å². The standard InChI is InChI=1S/C9H13IN2/c1-6-2-3-7(10)4-8(6)9(12)5-11/h2-4,9H,5,11-12H2,1H3/t9-/m0/s1. The molecule has 3 heteroatoms. The fraction of sp³-hybridized carbons (Fsp3) is 0.333. The SMILES string of the molecule is Cc1ccc(I)cc1[C@@H](N)CN. The van der Waals surface area contributed by atoms with Crippen LogP contribution in [0.4, 0.5) is 0 Å². The van der Waals surface area contributed by atoms with Gasteiger partial charge in [-0.25, -0.2) is 0 Å². The van der Waals surface area contributed by atoms with Gasteiger partial charge in [0.15, 0.2) is 0 Å². The molecule has 66 valence electrons. The minimum absolute atomic E-state index is 0.0280. The third-order valence-corrected chi connectivity index (χ3v) is 2.57. The molecule has 1 aromatic rings. The van der Waals surface area contributed by atoms with Crippen LogP contribution in [0.15, 0.2) is 18.2 Å². The Balaban J connectivity index is 3.04. The Hall–Kier alpha value is -0.130. The summed E-state index contributed by atoms with van der Waals surface area (Å²) in [5.74, 6) is 0. The predicted octanol–water partition coefficient (Wildman–Crippen LogP) is 1.56. The zero-order chi connectivity index (χ0) is 9.14. The van der Waals surface area contributed by atoms with Crippen LogP contribution in [0, 0.1) is 10.5 Å². The minimum atomic E-state index is -0.0280. The van der Waals surface area contributed by atoms with Gasteiger partial charge >= 0.3 is 0 Å². The maximum Gasteiger partial charge on any atom is 0.0422 e. The van der Waals surface area contributed by atoms with Crippen LogP contribution in [0.5, 0.6) is 0 Å². The normalized spacial score (nSPS) is 13.0. The van der Waals surface area contributed by atoms with Crippen molar-refractivity contribution in [2.75, 3.05) is 6.54 Å². The Labute approximate surface area is 86.5 Å². The highest BCUT2D eigenvalue weighted by Gasteiger charge is 2.06. The van der Waals surface area contributed by atoms with Gasteiger partial charge in [0.2, 0.25) is 0 Å². The van der Waals surface area contributed by atoms with E-state index in [4.69, 9.17) is 11.5 Å². The predicted molar refractivity (Wildman–Crippen MR) is 59.9 cm³/mol. The van der Waals surface area contributed by atoms with Gasteiger partial charge in [0.05, 0.1) is 0 Å².